The Balaban J connectivity index is 1.13. The number of rotatable bonds is 10. The van der Waals surface area contributed by atoms with E-state index >= 15 is 4.79 Å². The van der Waals surface area contributed by atoms with Crippen molar-refractivity contribution in [1.82, 2.24) is 20.1 Å². The number of piperidine rings is 1. The molecule has 10 atom stereocenters. The van der Waals surface area contributed by atoms with Gasteiger partial charge in [-0.05, 0) is 119 Å². The third-order valence-corrected chi connectivity index (χ3v) is 17.8. The lowest BCUT2D eigenvalue weighted by atomic mass is 9.47. The highest BCUT2D eigenvalue weighted by atomic mass is 16.6. The molecule has 17 heteroatoms. The number of aromatic nitrogens is 1. The lowest BCUT2D eigenvalue weighted by Gasteiger charge is -2.63. The summed E-state index contributed by atoms with van der Waals surface area (Å²) >= 11 is 0. The minimum Gasteiger partial charge on any atom is -0.496 e. The van der Waals surface area contributed by atoms with Crippen molar-refractivity contribution in [3.63, 3.8) is 0 Å². The van der Waals surface area contributed by atoms with Crippen LogP contribution < -0.4 is 20.3 Å². The number of esters is 3. The van der Waals surface area contributed by atoms with Gasteiger partial charge in [0.15, 0.2) is 6.10 Å². The van der Waals surface area contributed by atoms with Crippen molar-refractivity contribution in [2.75, 3.05) is 71.3 Å². The lowest BCUT2D eigenvalue weighted by Crippen LogP contribution is -2.81. The molecule has 2 bridgehead atoms. The first-order valence-electron chi connectivity index (χ1n) is 26.4. The van der Waals surface area contributed by atoms with Crippen molar-refractivity contribution in [3.05, 3.63) is 101 Å². The summed E-state index contributed by atoms with van der Waals surface area (Å²) in [5, 5.41) is 20.7. The number of benzene rings is 3. The van der Waals surface area contributed by atoms with E-state index in [-0.39, 0.29) is 24.3 Å². The summed E-state index contributed by atoms with van der Waals surface area (Å²) in [6.45, 7) is 13.8. The van der Waals surface area contributed by atoms with Crippen LogP contribution in [0, 0.1) is 11.3 Å². The molecule has 1 spiro atoms. The van der Waals surface area contributed by atoms with E-state index in [0.717, 1.165) is 22.0 Å². The summed E-state index contributed by atoms with van der Waals surface area (Å²) in [4.78, 5) is 81.1. The SMILES string of the molecule is CC[C@]1(NC(=O)c2ccc(NC(=O)OC(C)(C)C)cc2)C[C@H]2CN(CCc3c([nH]c4ccccc34)[C@@](C(=O)OC)(c3cc4c(cc3OC)N(C)[C@H]3[C@@](O)(C(=O)OC)[C@H](OC(C)=O)[C@]5(CC)C=CCN6CC[C@]43[C@@H]65)C2)C1. The van der Waals surface area contributed by atoms with Crippen molar-refractivity contribution in [2.45, 2.75) is 126 Å². The number of nitrogens with zero attached hydrogens (tertiary/aromatic N) is 3. The van der Waals surface area contributed by atoms with Gasteiger partial charge in [-0.25, -0.2) is 9.59 Å². The number of aliphatic hydroxyl groups is 1. The summed E-state index contributed by atoms with van der Waals surface area (Å²) in [6.07, 6.45) is 5.11. The van der Waals surface area contributed by atoms with E-state index in [0.29, 0.717) is 98.8 Å². The smallest absolute Gasteiger partial charge is 0.412 e. The summed E-state index contributed by atoms with van der Waals surface area (Å²) < 4.78 is 29.7. The van der Waals surface area contributed by atoms with Crippen LogP contribution in [-0.4, -0.2) is 146 Å². The average molecular weight is 1030 g/mol. The maximum atomic E-state index is 15.8. The second kappa shape index (κ2) is 18.7. The zero-order valence-corrected chi connectivity index (χ0v) is 44.9. The minimum absolute atomic E-state index is 0.191. The van der Waals surface area contributed by atoms with E-state index in [9.17, 15) is 24.3 Å². The molecule has 17 nitrogen and oxygen atoms in total. The molecule has 6 aliphatic rings. The number of amides is 2. The molecule has 75 heavy (non-hydrogen) atoms. The van der Waals surface area contributed by atoms with Crippen LogP contribution in [0.5, 0.6) is 5.75 Å². The van der Waals surface area contributed by atoms with Gasteiger partial charge in [-0.3, -0.25) is 24.6 Å². The van der Waals surface area contributed by atoms with Crippen molar-refractivity contribution in [2.24, 2.45) is 11.3 Å². The van der Waals surface area contributed by atoms with E-state index in [1.807, 2.05) is 55.3 Å². The average Bonchev–Trinajstić information content (AvgIpc) is 4.20. The highest BCUT2D eigenvalue weighted by Crippen LogP contribution is 2.68. The second-order valence-electron chi connectivity index (χ2n) is 22.9. The molecule has 4 aromatic rings. The Morgan fingerprint density at radius 3 is 2.29 bits per heavy atom. The number of carbonyl (C=O) groups is 5. The molecule has 4 N–H and O–H groups in total. The number of H-pyrrole nitrogens is 1. The van der Waals surface area contributed by atoms with E-state index in [4.69, 9.17) is 23.7 Å². The molecule has 2 saturated heterocycles. The fourth-order valence-electron chi connectivity index (χ4n) is 15.2. The number of nitrogens with one attached hydrogen (secondary N) is 3. The number of hydrogen-bond donors (Lipinski definition) is 4. The van der Waals surface area contributed by atoms with Gasteiger partial charge >= 0.3 is 24.0 Å². The van der Waals surface area contributed by atoms with Gasteiger partial charge in [-0.1, -0.05) is 44.2 Å². The van der Waals surface area contributed by atoms with Crippen LogP contribution in [0.3, 0.4) is 0 Å². The largest absolute Gasteiger partial charge is 0.496 e. The summed E-state index contributed by atoms with van der Waals surface area (Å²) in [7, 11) is 6.11. The summed E-state index contributed by atoms with van der Waals surface area (Å²) in [6, 6.07) is 17.5. The Morgan fingerprint density at radius 1 is 0.893 bits per heavy atom. The fraction of sp³-hybridized carbons (Fsp3) is 0.534. The maximum Gasteiger partial charge on any atom is 0.412 e. The molecule has 1 aromatic heterocycles. The van der Waals surface area contributed by atoms with Gasteiger partial charge in [-0.15, -0.1) is 0 Å². The molecule has 3 aromatic carbocycles. The molecule has 1 saturated carbocycles. The number of aromatic amines is 1. The molecule has 400 valence electrons. The van der Waals surface area contributed by atoms with Crippen molar-refractivity contribution < 1.29 is 52.8 Å². The first-order chi connectivity index (χ1) is 35.7. The van der Waals surface area contributed by atoms with Gasteiger partial charge in [-0.2, -0.15) is 0 Å². The summed E-state index contributed by atoms with van der Waals surface area (Å²) in [5.41, 5.74) is -1.69. The van der Waals surface area contributed by atoms with Crippen LogP contribution in [0.4, 0.5) is 16.2 Å². The molecule has 2 amide bonds. The molecular weight excluding hydrogens is 957 g/mol. The van der Waals surface area contributed by atoms with Crippen molar-refractivity contribution in [3.8, 4) is 5.75 Å². The minimum atomic E-state index is -2.35. The standard InChI is InChI=1S/C58H72N6O11/c1-11-54(61-46(66)36-18-20-37(21-19-36)59-52(69)75-53(4,5)6)30-35-31-57(50(67)72-9,45-39(22-26-63(32-35)33-54)38-16-13-14-17-42(38)60-45)41-28-40-43(29-44(41)71-8)62(7)48-56(40)24-27-64-25-15-23-55(12-2,47(56)64)49(74-34(3)65)58(48,70)51(68)73-10/h13-21,23,28-29,35,47-49,60,70H,11-12,22,24-27,30-33H2,1-10H3,(H,59,69)(H,61,66)/t35-,47+,48-,49-,54+,55-,56-,57+,58+/m1/s1. The van der Waals surface area contributed by atoms with E-state index in [2.05, 4.69) is 44.5 Å². The van der Waals surface area contributed by atoms with Crippen molar-refractivity contribution in [1.29, 1.82) is 0 Å². The van der Waals surface area contributed by atoms with Gasteiger partial charge in [0.2, 0.25) is 5.60 Å². The highest BCUT2D eigenvalue weighted by Gasteiger charge is 2.80. The number of para-hydroxylation sites is 1. The zero-order chi connectivity index (χ0) is 53.6. The Kier molecular flexibility index (Phi) is 13.0. The highest BCUT2D eigenvalue weighted by molar-refractivity contribution is 5.97. The lowest BCUT2D eigenvalue weighted by molar-refractivity contribution is -0.228. The zero-order valence-electron chi connectivity index (χ0n) is 44.9. The Morgan fingerprint density at radius 2 is 1.63 bits per heavy atom. The fourth-order valence-corrected chi connectivity index (χ4v) is 15.2. The third-order valence-electron chi connectivity index (χ3n) is 17.8. The first-order valence-corrected chi connectivity index (χ1v) is 26.4. The van der Waals surface area contributed by atoms with Crippen LogP contribution >= 0.6 is 0 Å². The van der Waals surface area contributed by atoms with E-state index < -0.39 is 69.1 Å². The van der Waals surface area contributed by atoms with Crippen LogP contribution in [0.1, 0.15) is 106 Å². The number of anilines is 2. The van der Waals surface area contributed by atoms with Crippen LogP contribution in [0.25, 0.3) is 10.9 Å². The van der Waals surface area contributed by atoms with Gasteiger partial charge in [0.25, 0.3) is 5.91 Å². The van der Waals surface area contributed by atoms with Gasteiger partial charge in [0, 0.05) is 102 Å². The normalized spacial score (nSPS) is 31.6. The van der Waals surface area contributed by atoms with Crippen LogP contribution in [-0.2, 0) is 50.6 Å². The number of ether oxygens (including phenoxy) is 5. The number of fused-ring (bicyclic) bond motifs is 6. The topological polar surface area (TPSA) is 201 Å². The third kappa shape index (κ3) is 7.92. The summed E-state index contributed by atoms with van der Waals surface area (Å²) in [5.74, 6) is -2.05. The predicted octanol–water partition coefficient (Wildman–Crippen LogP) is 6.78. The Hall–Kier alpha value is -6.43. The maximum absolute atomic E-state index is 15.8. The van der Waals surface area contributed by atoms with Gasteiger partial charge < -0.3 is 48.9 Å². The van der Waals surface area contributed by atoms with E-state index in [1.165, 1.54) is 21.1 Å². The van der Waals surface area contributed by atoms with E-state index in [1.54, 1.807) is 52.1 Å². The molecular formula is C58H72N6O11. The second-order valence-corrected chi connectivity index (χ2v) is 22.9. The quantitative estimate of drug-likeness (QED) is 0.0736. The number of carbonyl (C=O) groups excluding carboxylic acids is 5. The van der Waals surface area contributed by atoms with Crippen molar-refractivity contribution >= 4 is 52.2 Å². The number of hydrogen-bond acceptors (Lipinski definition) is 14. The monoisotopic (exact) mass is 1030 g/mol. The number of methoxy groups -OCH3 is 3. The number of likely N-dealkylation sites (N-methyl/N-ethyl adjacent to an activating group) is 1. The molecule has 0 radical (unpaired) electrons. The molecule has 10 rings (SSSR count). The molecule has 5 aliphatic heterocycles. The molecule has 1 unspecified atom stereocenters. The van der Waals surface area contributed by atoms with Crippen LogP contribution in [0.2, 0.25) is 0 Å². The van der Waals surface area contributed by atoms with Gasteiger partial charge in [0.1, 0.15) is 16.8 Å². The molecule has 3 fully saturated rings. The van der Waals surface area contributed by atoms with Crippen LogP contribution in [0.15, 0.2) is 72.8 Å². The Labute approximate surface area is 438 Å². The predicted molar refractivity (Wildman–Crippen MR) is 282 cm³/mol. The molecule has 6 heterocycles. The first kappa shape index (κ1) is 52.0. The Bertz CT molecular complexity index is 2990. The molecule has 1 aliphatic carbocycles. The van der Waals surface area contributed by atoms with Gasteiger partial charge in [0.05, 0.1) is 32.9 Å².